The normalized spacial score (nSPS) is 13.2. The van der Waals surface area contributed by atoms with Crippen molar-refractivity contribution < 1.29 is 4.79 Å². The summed E-state index contributed by atoms with van der Waals surface area (Å²) in [7, 11) is 0. The van der Waals surface area contributed by atoms with Gasteiger partial charge in [0.2, 0.25) is 5.91 Å². The largest absolute Gasteiger partial charge is 0.317 e. The van der Waals surface area contributed by atoms with Crippen molar-refractivity contribution in [3.05, 3.63) is 46.3 Å². The van der Waals surface area contributed by atoms with Crippen molar-refractivity contribution in [2.24, 2.45) is 0 Å². The minimum Gasteiger partial charge on any atom is -0.317 e. The van der Waals surface area contributed by atoms with E-state index in [9.17, 15) is 10.1 Å². The zero-order valence-corrected chi connectivity index (χ0v) is 14.4. The number of fused-ring (bicyclic) bond motifs is 1. The molecule has 0 saturated heterocycles. The Kier molecular flexibility index (Phi) is 5.37. The number of nitrogens with zero attached hydrogens (tertiary/aromatic N) is 1. The maximum absolute atomic E-state index is 12.2. The SMILES string of the molecule is N#Cc1c(NC(=O)CCSc2ccccc2)sc2c1CCCC2. The Bertz CT molecular complexity index is 731. The molecule has 1 aromatic carbocycles. The first-order valence-electron chi connectivity index (χ1n) is 7.80. The summed E-state index contributed by atoms with van der Waals surface area (Å²) in [5.41, 5.74) is 1.85. The fourth-order valence-electron chi connectivity index (χ4n) is 2.74. The van der Waals surface area contributed by atoms with E-state index in [0.717, 1.165) is 35.6 Å². The van der Waals surface area contributed by atoms with Crippen LogP contribution in [0.4, 0.5) is 5.00 Å². The molecule has 5 heteroatoms. The van der Waals surface area contributed by atoms with Crippen LogP contribution in [0.1, 0.15) is 35.3 Å². The second kappa shape index (κ2) is 7.67. The molecule has 0 spiro atoms. The number of rotatable bonds is 5. The minimum atomic E-state index is -0.0106. The zero-order chi connectivity index (χ0) is 16.1. The quantitative estimate of drug-likeness (QED) is 0.807. The molecule has 2 aromatic rings. The average Bonchev–Trinajstić information content (AvgIpc) is 2.92. The van der Waals surface area contributed by atoms with Crippen LogP contribution in [-0.2, 0) is 17.6 Å². The Labute approximate surface area is 144 Å². The van der Waals surface area contributed by atoms with Crippen molar-refractivity contribution in [2.75, 3.05) is 11.1 Å². The van der Waals surface area contributed by atoms with Crippen molar-refractivity contribution in [2.45, 2.75) is 37.0 Å². The summed E-state index contributed by atoms with van der Waals surface area (Å²) in [6, 6.07) is 12.4. The van der Waals surface area contributed by atoms with Crippen LogP contribution in [0.5, 0.6) is 0 Å². The molecular weight excluding hydrogens is 324 g/mol. The van der Waals surface area contributed by atoms with Gasteiger partial charge >= 0.3 is 0 Å². The van der Waals surface area contributed by atoms with Crippen LogP contribution in [0.15, 0.2) is 35.2 Å². The summed E-state index contributed by atoms with van der Waals surface area (Å²) >= 11 is 3.26. The number of anilines is 1. The Morgan fingerprint density at radius 3 is 2.83 bits per heavy atom. The van der Waals surface area contributed by atoms with Crippen molar-refractivity contribution in [3.8, 4) is 6.07 Å². The van der Waals surface area contributed by atoms with Gasteiger partial charge in [0, 0.05) is 21.9 Å². The van der Waals surface area contributed by atoms with Crippen molar-refractivity contribution >= 4 is 34.0 Å². The lowest BCUT2D eigenvalue weighted by atomic mass is 9.96. The Morgan fingerprint density at radius 1 is 1.26 bits per heavy atom. The summed E-state index contributed by atoms with van der Waals surface area (Å²) in [5.74, 6) is 0.728. The average molecular weight is 342 g/mol. The molecule has 0 fully saturated rings. The monoisotopic (exact) mass is 342 g/mol. The lowest BCUT2D eigenvalue weighted by molar-refractivity contribution is -0.115. The van der Waals surface area contributed by atoms with Crippen LogP contribution < -0.4 is 5.32 Å². The number of thiophene rings is 1. The van der Waals surface area contributed by atoms with Gasteiger partial charge in [0.1, 0.15) is 11.1 Å². The number of nitrogens with one attached hydrogen (secondary N) is 1. The standard InChI is InChI=1S/C18H18N2OS2/c19-12-15-14-8-4-5-9-16(14)23-18(15)20-17(21)10-11-22-13-6-2-1-3-7-13/h1-3,6-7H,4-5,8-11H2,(H,20,21). The first kappa shape index (κ1) is 16.1. The number of nitriles is 1. The van der Waals surface area contributed by atoms with E-state index in [0.29, 0.717) is 12.0 Å². The van der Waals surface area contributed by atoms with Gasteiger partial charge in [-0.1, -0.05) is 18.2 Å². The topological polar surface area (TPSA) is 52.9 Å². The highest BCUT2D eigenvalue weighted by atomic mass is 32.2. The summed E-state index contributed by atoms with van der Waals surface area (Å²) < 4.78 is 0. The number of amides is 1. The summed E-state index contributed by atoms with van der Waals surface area (Å²) in [6.07, 6.45) is 4.77. The zero-order valence-electron chi connectivity index (χ0n) is 12.8. The number of thioether (sulfide) groups is 1. The molecule has 0 atom stereocenters. The molecular formula is C18H18N2OS2. The number of benzene rings is 1. The number of carbonyl (C=O) groups is 1. The van der Waals surface area contributed by atoms with Crippen molar-refractivity contribution in [3.63, 3.8) is 0 Å². The lowest BCUT2D eigenvalue weighted by Gasteiger charge is -2.09. The highest BCUT2D eigenvalue weighted by Crippen LogP contribution is 2.37. The first-order valence-corrected chi connectivity index (χ1v) is 9.60. The van der Waals surface area contributed by atoms with E-state index >= 15 is 0 Å². The van der Waals surface area contributed by atoms with Gasteiger partial charge in [-0.25, -0.2) is 0 Å². The van der Waals surface area contributed by atoms with Crippen LogP contribution in [0.25, 0.3) is 0 Å². The maximum Gasteiger partial charge on any atom is 0.225 e. The van der Waals surface area contributed by atoms with E-state index in [1.165, 1.54) is 16.2 Å². The minimum absolute atomic E-state index is 0.0106. The molecule has 1 aliphatic carbocycles. The molecule has 0 unspecified atom stereocenters. The summed E-state index contributed by atoms with van der Waals surface area (Å²) in [6.45, 7) is 0. The van der Waals surface area contributed by atoms with Gasteiger partial charge < -0.3 is 5.32 Å². The first-order chi connectivity index (χ1) is 11.3. The third-order valence-electron chi connectivity index (χ3n) is 3.88. The van der Waals surface area contributed by atoms with Crippen LogP contribution in [0.3, 0.4) is 0 Å². The van der Waals surface area contributed by atoms with E-state index in [1.807, 2.05) is 30.3 Å². The number of carbonyl (C=O) groups excluding carboxylic acids is 1. The van der Waals surface area contributed by atoms with Gasteiger partial charge in [0.05, 0.1) is 5.56 Å². The Hall–Kier alpha value is -1.77. The van der Waals surface area contributed by atoms with Gasteiger partial charge in [-0.2, -0.15) is 5.26 Å². The highest BCUT2D eigenvalue weighted by molar-refractivity contribution is 7.99. The molecule has 3 rings (SSSR count). The number of hydrogen-bond donors (Lipinski definition) is 1. The second-order valence-corrected chi connectivity index (χ2v) is 7.76. The highest BCUT2D eigenvalue weighted by Gasteiger charge is 2.21. The molecule has 1 aliphatic rings. The van der Waals surface area contributed by atoms with Crippen LogP contribution in [-0.4, -0.2) is 11.7 Å². The number of hydrogen-bond acceptors (Lipinski definition) is 4. The van der Waals surface area contributed by atoms with Gasteiger partial charge in [-0.05, 0) is 43.4 Å². The maximum atomic E-state index is 12.2. The molecule has 1 heterocycles. The fourth-order valence-corrected chi connectivity index (χ4v) is 4.87. The molecule has 1 N–H and O–H groups in total. The van der Waals surface area contributed by atoms with E-state index < -0.39 is 0 Å². The van der Waals surface area contributed by atoms with E-state index in [1.54, 1.807) is 23.1 Å². The van der Waals surface area contributed by atoms with Crippen molar-refractivity contribution in [1.29, 1.82) is 5.26 Å². The second-order valence-electron chi connectivity index (χ2n) is 5.49. The van der Waals surface area contributed by atoms with Gasteiger partial charge in [-0.15, -0.1) is 23.1 Å². The van der Waals surface area contributed by atoms with Crippen LogP contribution in [0.2, 0.25) is 0 Å². The third kappa shape index (κ3) is 3.95. The predicted molar refractivity (Wildman–Crippen MR) is 96.1 cm³/mol. The fraction of sp³-hybridized carbons (Fsp3) is 0.333. The molecule has 0 saturated carbocycles. The van der Waals surface area contributed by atoms with E-state index in [2.05, 4.69) is 11.4 Å². The Morgan fingerprint density at radius 2 is 2.04 bits per heavy atom. The molecule has 23 heavy (non-hydrogen) atoms. The van der Waals surface area contributed by atoms with Gasteiger partial charge in [0.15, 0.2) is 0 Å². The molecule has 0 aliphatic heterocycles. The smallest absolute Gasteiger partial charge is 0.225 e. The predicted octanol–water partition coefficient (Wildman–Crippen LogP) is 4.62. The molecule has 3 nitrogen and oxygen atoms in total. The molecule has 0 bridgehead atoms. The van der Waals surface area contributed by atoms with Gasteiger partial charge in [-0.3, -0.25) is 4.79 Å². The van der Waals surface area contributed by atoms with Gasteiger partial charge in [0.25, 0.3) is 0 Å². The van der Waals surface area contributed by atoms with E-state index in [-0.39, 0.29) is 5.91 Å². The third-order valence-corrected chi connectivity index (χ3v) is 6.10. The summed E-state index contributed by atoms with van der Waals surface area (Å²) in [5, 5.41) is 13.1. The Balaban J connectivity index is 1.58. The molecule has 1 aromatic heterocycles. The summed E-state index contributed by atoms with van der Waals surface area (Å²) in [4.78, 5) is 14.6. The molecule has 1 amide bonds. The molecule has 118 valence electrons. The van der Waals surface area contributed by atoms with Crippen molar-refractivity contribution in [1.82, 2.24) is 0 Å². The molecule has 0 radical (unpaired) electrons. The van der Waals surface area contributed by atoms with Crippen LogP contribution >= 0.6 is 23.1 Å². The van der Waals surface area contributed by atoms with Crippen LogP contribution in [0, 0.1) is 11.3 Å². The number of aryl methyl sites for hydroxylation is 1. The lowest BCUT2D eigenvalue weighted by Crippen LogP contribution is -2.12. The van der Waals surface area contributed by atoms with E-state index in [4.69, 9.17) is 0 Å².